The van der Waals surface area contributed by atoms with Crippen molar-refractivity contribution in [3.05, 3.63) is 33.8 Å². The summed E-state index contributed by atoms with van der Waals surface area (Å²) >= 11 is 12.2. The lowest BCUT2D eigenvalue weighted by Gasteiger charge is -2.21. The van der Waals surface area contributed by atoms with Gasteiger partial charge in [0, 0.05) is 12.6 Å². The molecule has 0 aromatic heterocycles. The number of carbonyl (C=O) groups is 1. The lowest BCUT2D eigenvalue weighted by Crippen LogP contribution is -2.32. The normalized spacial score (nSPS) is 14.7. The van der Waals surface area contributed by atoms with Gasteiger partial charge in [-0.3, -0.25) is 9.69 Å². The molecule has 0 spiro atoms. The molecule has 0 heterocycles. The summed E-state index contributed by atoms with van der Waals surface area (Å²) in [7, 11) is 0. The van der Waals surface area contributed by atoms with Crippen LogP contribution in [0.4, 0.5) is 0 Å². The summed E-state index contributed by atoms with van der Waals surface area (Å²) in [5.74, 6) is -0.187. The van der Waals surface area contributed by atoms with Gasteiger partial charge in [0.05, 0.1) is 23.2 Å². The second kappa shape index (κ2) is 6.60. The molecule has 1 aliphatic carbocycles. The molecule has 104 valence electrons. The molecule has 0 unspecified atom stereocenters. The standard InChI is InChI=1S/C14H17Cl2NO2/c1-2-19-13(18)9-17(11-6-7-11)8-10-4-3-5-12(15)14(10)16/h3-5,11H,2,6-9H2,1H3. The van der Waals surface area contributed by atoms with Gasteiger partial charge >= 0.3 is 5.97 Å². The first-order valence-corrected chi connectivity index (χ1v) is 7.20. The fraction of sp³-hybridized carbons (Fsp3) is 0.500. The van der Waals surface area contributed by atoms with E-state index in [2.05, 4.69) is 4.90 Å². The Morgan fingerprint density at radius 3 is 2.79 bits per heavy atom. The second-order valence-corrected chi connectivity index (χ2v) is 5.44. The van der Waals surface area contributed by atoms with E-state index in [1.807, 2.05) is 19.1 Å². The maximum absolute atomic E-state index is 11.6. The fourth-order valence-corrected chi connectivity index (χ4v) is 2.40. The second-order valence-electron chi connectivity index (χ2n) is 4.65. The summed E-state index contributed by atoms with van der Waals surface area (Å²) in [6, 6.07) is 6.04. The fourth-order valence-electron chi connectivity index (χ4n) is 2.02. The van der Waals surface area contributed by atoms with Crippen LogP contribution in [0.25, 0.3) is 0 Å². The Labute approximate surface area is 123 Å². The van der Waals surface area contributed by atoms with Crippen LogP contribution in [0.2, 0.25) is 10.0 Å². The minimum atomic E-state index is -0.187. The molecule has 1 aliphatic rings. The molecule has 0 radical (unpaired) electrons. The van der Waals surface area contributed by atoms with Crippen LogP contribution in [0.15, 0.2) is 18.2 Å². The summed E-state index contributed by atoms with van der Waals surface area (Å²) in [6.07, 6.45) is 2.25. The van der Waals surface area contributed by atoms with E-state index < -0.39 is 0 Å². The number of carbonyl (C=O) groups excluding carboxylic acids is 1. The van der Waals surface area contributed by atoms with Crippen molar-refractivity contribution in [2.45, 2.75) is 32.4 Å². The van der Waals surface area contributed by atoms with E-state index in [4.69, 9.17) is 27.9 Å². The Hall–Kier alpha value is -0.770. The lowest BCUT2D eigenvalue weighted by molar-refractivity contribution is -0.144. The monoisotopic (exact) mass is 301 g/mol. The molecule has 1 saturated carbocycles. The smallest absolute Gasteiger partial charge is 0.320 e. The van der Waals surface area contributed by atoms with E-state index in [0.717, 1.165) is 18.4 Å². The Kier molecular flexibility index (Phi) is 5.08. The first-order valence-electron chi connectivity index (χ1n) is 6.44. The highest BCUT2D eigenvalue weighted by Gasteiger charge is 2.31. The zero-order chi connectivity index (χ0) is 13.8. The van der Waals surface area contributed by atoms with Gasteiger partial charge in [-0.15, -0.1) is 0 Å². The predicted molar refractivity (Wildman–Crippen MR) is 76.5 cm³/mol. The number of rotatable bonds is 6. The highest BCUT2D eigenvalue weighted by atomic mass is 35.5. The average Bonchev–Trinajstić information content (AvgIpc) is 3.18. The Bertz CT molecular complexity index is 461. The average molecular weight is 302 g/mol. The third kappa shape index (κ3) is 4.10. The largest absolute Gasteiger partial charge is 0.465 e. The predicted octanol–water partition coefficient (Wildman–Crippen LogP) is 3.52. The summed E-state index contributed by atoms with van der Waals surface area (Å²) in [5.41, 5.74) is 0.949. The van der Waals surface area contributed by atoms with Crippen molar-refractivity contribution in [3.8, 4) is 0 Å². The summed E-state index contributed by atoms with van der Waals surface area (Å²) < 4.78 is 5.00. The van der Waals surface area contributed by atoms with Crippen molar-refractivity contribution in [1.29, 1.82) is 0 Å². The number of nitrogens with zero attached hydrogens (tertiary/aromatic N) is 1. The number of ether oxygens (including phenoxy) is 1. The minimum absolute atomic E-state index is 0.187. The molecule has 1 fully saturated rings. The van der Waals surface area contributed by atoms with Gasteiger partial charge in [-0.2, -0.15) is 0 Å². The first-order chi connectivity index (χ1) is 9.11. The van der Waals surface area contributed by atoms with Crippen molar-refractivity contribution in [2.24, 2.45) is 0 Å². The quantitative estimate of drug-likeness (QED) is 0.753. The van der Waals surface area contributed by atoms with Gasteiger partial charge in [0.1, 0.15) is 0 Å². The molecule has 0 atom stereocenters. The van der Waals surface area contributed by atoms with Crippen molar-refractivity contribution in [3.63, 3.8) is 0 Å². The molecule has 19 heavy (non-hydrogen) atoms. The third-order valence-corrected chi connectivity index (χ3v) is 3.96. The molecule has 0 aliphatic heterocycles. The highest BCUT2D eigenvalue weighted by Crippen LogP contribution is 2.31. The summed E-state index contributed by atoms with van der Waals surface area (Å²) in [5, 5.41) is 1.12. The van der Waals surface area contributed by atoms with Gasteiger partial charge in [0.15, 0.2) is 0 Å². The molecule has 0 amide bonds. The van der Waals surface area contributed by atoms with Crippen LogP contribution in [0.5, 0.6) is 0 Å². The number of hydrogen-bond acceptors (Lipinski definition) is 3. The van der Waals surface area contributed by atoms with E-state index in [0.29, 0.717) is 35.8 Å². The maximum atomic E-state index is 11.6. The molecular weight excluding hydrogens is 285 g/mol. The SMILES string of the molecule is CCOC(=O)CN(Cc1cccc(Cl)c1Cl)C1CC1. The number of hydrogen-bond donors (Lipinski definition) is 0. The Morgan fingerprint density at radius 2 is 2.16 bits per heavy atom. The van der Waals surface area contributed by atoms with Crippen LogP contribution in [0.3, 0.4) is 0 Å². The molecule has 1 aromatic carbocycles. The lowest BCUT2D eigenvalue weighted by atomic mass is 10.2. The number of halogens is 2. The summed E-state index contributed by atoms with van der Waals surface area (Å²) in [4.78, 5) is 13.7. The molecular formula is C14H17Cl2NO2. The molecule has 5 heteroatoms. The maximum Gasteiger partial charge on any atom is 0.320 e. The van der Waals surface area contributed by atoms with E-state index in [1.54, 1.807) is 6.07 Å². The molecule has 0 N–H and O–H groups in total. The number of benzene rings is 1. The highest BCUT2D eigenvalue weighted by molar-refractivity contribution is 6.42. The van der Waals surface area contributed by atoms with E-state index in [1.165, 1.54) is 0 Å². The molecule has 3 nitrogen and oxygen atoms in total. The van der Waals surface area contributed by atoms with Gasteiger partial charge in [0.25, 0.3) is 0 Å². The van der Waals surface area contributed by atoms with Crippen molar-refractivity contribution in [2.75, 3.05) is 13.2 Å². The van der Waals surface area contributed by atoms with Crippen LogP contribution in [-0.4, -0.2) is 30.1 Å². The minimum Gasteiger partial charge on any atom is -0.465 e. The number of esters is 1. The van der Waals surface area contributed by atoms with Crippen molar-refractivity contribution >= 4 is 29.2 Å². The third-order valence-electron chi connectivity index (χ3n) is 3.11. The topological polar surface area (TPSA) is 29.5 Å². The van der Waals surface area contributed by atoms with Crippen LogP contribution >= 0.6 is 23.2 Å². The van der Waals surface area contributed by atoms with Crippen LogP contribution < -0.4 is 0 Å². The van der Waals surface area contributed by atoms with E-state index in [9.17, 15) is 4.79 Å². The van der Waals surface area contributed by atoms with Crippen LogP contribution in [-0.2, 0) is 16.1 Å². The Balaban J connectivity index is 2.04. The first kappa shape index (κ1) is 14.6. The Morgan fingerprint density at radius 1 is 1.42 bits per heavy atom. The molecule has 0 saturated heterocycles. The van der Waals surface area contributed by atoms with Crippen molar-refractivity contribution < 1.29 is 9.53 Å². The van der Waals surface area contributed by atoms with Crippen LogP contribution in [0, 0.1) is 0 Å². The van der Waals surface area contributed by atoms with Crippen molar-refractivity contribution in [1.82, 2.24) is 4.90 Å². The van der Waals surface area contributed by atoms with Crippen LogP contribution in [0.1, 0.15) is 25.3 Å². The van der Waals surface area contributed by atoms with Gasteiger partial charge in [0.2, 0.25) is 0 Å². The zero-order valence-corrected chi connectivity index (χ0v) is 12.4. The summed E-state index contributed by atoms with van der Waals surface area (Å²) in [6.45, 7) is 3.16. The zero-order valence-electron chi connectivity index (χ0n) is 10.9. The molecule has 1 aromatic rings. The van der Waals surface area contributed by atoms with Gasteiger partial charge in [-0.05, 0) is 31.4 Å². The van der Waals surface area contributed by atoms with Gasteiger partial charge in [-0.25, -0.2) is 0 Å². The van der Waals surface area contributed by atoms with E-state index in [-0.39, 0.29) is 5.97 Å². The van der Waals surface area contributed by atoms with Gasteiger partial charge < -0.3 is 4.74 Å². The van der Waals surface area contributed by atoms with E-state index >= 15 is 0 Å². The molecule has 2 rings (SSSR count). The van der Waals surface area contributed by atoms with Gasteiger partial charge in [-0.1, -0.05) is 35.3 Å². The molecule has 0 bridgehead atoms.